The van der Waals surface area contributed by atoms with Gasteiger partial charge in [-0.1, -0.05) is 30.7 Å². The van der Waals surface area contributed by atoms with Crippen LogP contribution in [0.4, 0.5) is 0 Å². The molecule has 1 unspecified atom stereocenters. The minimum absolute atomic E-state index is 0.479. The van der Waals surface area contributed by atoms with Crippen molar-refractivity contribution in [1.82, 2.24) is 0 Å². The van der Waals surface area contributed by atoms with Crippen molar-refractivity contribution in [2.75, 3.05) is 0 Å². The van der Waals surface area contributed by atoms with E-state index in [-0.39, 0.29) is 0 Å². The summed E-state index contributed by atoms with van der Waals surface area (Å²) < 4.78 is 5.35. The van der Waals surface area contributed by atoms with Crippen LogP contribution in [0.5, 0.6) is 5.75 Å². The van der Waals surface area contributed by atoms with Crippen LogP contribution >= 0.6 is 11.6 Å². The Kier molecular flexibility index (Phi) is 3.77. The van der Waals surface area contributed by atoms with E-state index in [4.69, 9.17) is 22.1 Å². The van der Waals surface area contributed by atoms with Gasteiger partial charge in [-0.05, 0) is 18.6 Å². The van der Waals surface area contributed by atoms with Gasteiger partial charge in [0.05, 0.1) is 5.02 Å². The summed E-state index contributed by atoms with van der Waals surface area (Å²) in [5.41, 5.74) is 5.14. The molecule has 0 heterocycles. The normalized spacial score (nSPS) is 12.1. The number of hydrogen-bond donors (Lipinski definition) is 1. The minimum atomic E-state index is -0.616. The van der Waals surface area contributed by atoms with Crippen molar-refractivity contribution in [1.29, 1.82) is 0 Å². The Balaban J connectivity index is 2.77. The zero-order valence-corrected chi connectivity index (χ0v) is 8.62. The molecule has 0 radical (unpaired) electrons. The Morgan fingerprint density at radius 1 is 1.57 bits per heavy atom. The average Bonchev–Trinajstić information content (AvgIpc) is 2.16. The molecule has 76 valence electrons. The van der Waals surface area contributed by atoms with E-state index in [2.05, 4.69) is 0 Å². The van der Waals surface area contributed by atoms with Gasteiger partial charge in [-0.3, -0.25) is 4.79 Å². The van der Waals surface area contributed by atoms with Gasteiger partial charge in [0.2, 0.25) is 0 Å². The molecule has 14 heavy (non-hydrogen) atoms. The van der Waals surface area contributed by atoms with Crippen molar-refractivity contribution in [3.8, 4) is 5.75 Å². The Bertz CT molecular complexity index is 328. The van der Waals surface area contributed by atoms with Crippen LogP contribution in [0.1, 0.15) is 13.3 Å². The summed E-state index contributed by atoms with van der Waals surface area (Å²) in [7, 11) is 0. The molecule has 0 aliphatic rings. The predicted molar refractivity (Wildman–Crippen MR) is 55.4 cm³/mol. The van der Waals surface area contributed by atoms with Crippen LogP contribution in [0.15, 0.2) is 24.3 Å². The maximum Gasteiger partial charge on any atom is 0.258 e. The van der Waals surface area contributed by atoms with E-state index >= 15 is 0 Å². The molecule has 1 rings (SSSR count). The first-order valence-electron chi connectivity index (χ1n) is 4.35. The van der Waals surface area contributed by atoms with Gasteiger partial charge >= 0.3 is 0 Å². The van der Waals surface area contributed by atoms with Gasteiger partial charge in [-0.25, -0.2) is 0 Å². The molecule has 1 amide bonds. The molecule has 3 nitrogen and oxygen atoms in total. The second-order valence-corrected chi connectivity index (χ2v) is 3.25. The molecule has 0 aromatic heterocycles. The highest BCUT2D eigenvalue weighted by Gasteiger charge is 2.15. The Hall–Kier alpha value is -1.22. The van der Waals surface area contributed by atoms with E-state index in [9.17, 15) is 4.79 Å². The summed E-state index contributed by atoms with van der Waals surface area (Å²) in [5.74, 6) is 0.00670. The Labute approximate surface area is 87.8 Å². The molecule has 0 aliphatic carbocycles. The molecule has 0 bridgehead atoms. The number of benzene rings is 1. The van der Waals surface area contributed by atoms with E-state index < -0.39 is 12.0 Å². The van der Waals surface area contributed by atoms with Gasteiger partial charge < -0.3 is 10.5 Å². The molecule has 2 N–H and O–H groups in total. The number of ether oxygens (including phenoxy) is 1. The highest BCUT2D eigenvalue weighted by Crippen LogP contribution is 2.24. The third kappa shape index (κ3) is 2.64. The van der Waals surface area contributed by atoms with Crippen molar-refractivity contribution in [3.63, 3.8) is 0 Å². The lowest BCUT2D eigenvalue weighted by molar-refractivity contribution is -0.124. The second kappa shape index (κ2) is 4.86. The quantitative estimate of drug-likeness (QED) is 0.832. The molecule has 0 fully saturated rings. The van der Waals surface area contributed by atoms with E-state index in [1.165, 1.54) is 0 Å². The van der Waals surface area contributed by atoms with Crippen molar-refractivity contribution in [2.45, 2.75) is 19.4 Å². The fraction of sp³-hybridized carbons (Fsp3) is 0.300. The number of amides is 1. The number of rotatable bonds is 4. The van der Waals surface area contributed by atoms with Crippen LogP contribution in [-0.4, -0.2) is 12.0 Å². The highest BCUT2D eigenvalue weighted by molar-refractivity contribution is 6.32. The zero-order chi connectivity index (χ0) is 10.6. The van der Waals surface area contributed by atoms with Crippen molar-refractivity contribution in [2.24, 2.45) is 5.73 Å². The Morgan fingerprint density at radius 3 is 2.71 bits per heavy atom. The zero-order valence-electron chi connectivity index (χ0n) is 7.87. The van der Waals surface area contributed by atoms with Gasteiger partial charge in [0.25, 0.3) is 5.91 Å². The van der Waals surface area contributed by atoms with E-state index in [0.29, 0.717) is 17.2 Å². The smallest absolute Gasteiger partial charge is 0.258 e. The highest BCUT2D eigenvalue weighted by atomic mass is 35.5. The molecule has 4 heteroatoms. The molecular weight excluding hydrogens is 202 g/mol. The number of carbonyl (C=O) groups excluding carboxylic acids is 1. The lowest BCUT2D eigenvalue weighted by Gasteiger charge is -2.14. The maximum atomic E-state index is 10.9. The summed E-state index contributed by atoms with van der Waals surface area (Å²) in [6.07, 6.45) is -0.0875. The summed E-state index contributed by atoms with van der Waals surface area (Å²) in [4.78, 5) is 10.9. The molecule has 0 saturated heterocycles. The monoisotopic (exact) mass is 213 g/mol. The van der Waals surface area contributed by atoms with Crippen molar-refractivity contribution >= 4 is 17.5 Å². The standard InChI is InChI=1S/C10H12ClNO2/c1-2-8(10(12)13)14-9-6-4-3-5-7(9)11/h3-6,8H,2H2,1H3,(H2,12,13). The largest absolute Gasteiger partial charge is 0.479 e. The summed E-state index contributed by atoms with van der Waals surface area (Å²) in [5, 5.41) is 0.479. The number of primary amides is 1. The fourth-order valence-electron chi connectivity index (χ4n) is 1.04. The number of carbonyl (C=O) groups is 1. The number of hydrogen-bond acceptors (Lipinski definition) is 2. The topological polar surface area (TPSA) is 52.3 Å². The minimum Gasteiger partial charge on any atom is -0.479 e. The summed E-state index contributed by atoms with van der Waals surface area (Å²) in [6.45, 7) is 1.83. The summed E-state index contributed by atoms with van der Waals surface area (Å²) >= 11 is 5.85. The third-order valence-electron chi connectivity index (χ3n) is 1.79. The van der Waals surface area contributed by atoms with Gasteiger partial charge in [0.1, 0.15) is 5.75 Å². The SMILES string of the molecule is CCC(Oc1ccccc1Cl)C(N)=O. The van der Waals surface area contributed by atoms with E-state index in [0.717, 1.165) is 0 Å². The fourth-order valence-corrected chi connectivity index (χ4v) is 1.22. The van der Waals surface area contributed by atoms with Crippen molar-refractivity contribution < 1.29 is 9.53 Å². The number of para-hydroxylation sites is 1. The van der Waals surface area contributed by atoms with E-state index in [1.807, 2.05) is 6.92 Å². The van der Waals surface area contributed by atoms with Crippen LogP contribution in [0.2, 0.25) is 5.02 Å². The van der Waals surface area contributed by atoms with Crippen LogP contribution in [0, 0.1) is 0 Å². The number of halogens is 1. The average molecular weight is 214 g/mol. The number of nitrogens with two attached hydrogens (primary N) is 1. The maximum absolute atomic E-state index is 10.9. The predicted octanol–water partition coefficient (Wildman–Crippen LogP) is 1.98. The lowest BCUT2D eigenvalue weighted by atomic mass is 10.2. The molecular formula is C10H12ClNO2. The summed E-state index contributed by atoms with van der Waals surface area (Å²) in [6, 6.07) is 6.98. The lowest BCUT2D eigenvalue weighted by Crippen LogP contribution is -2.33. The van der Waals surface area contributed by atoms with Crippen LogP contribution in [0.25, 0.3) is 0 Å². The van der Waals surface area contributed by atoms with Gasteiger partial charge in [-0.2, -0.15) is 0 Å². The molecule has 0 aliphatic heterocycles. The molecule has 0 saturated carbocycles. The first kappa shape index (κ1) is 10.9. The third-order valence-corrected chi connectivity index (χ3v) is 2.11. The Morgan fingerprint density at radius 2 is 2.21 bits per heavy atom. The first-order valence-corrected chi connectivity index (χ1v) is 4.73. The van der Waals surface area contributed by atoms with E-state index in [1.54, 1.807) is 24.3 Å². The van der Waals surface area contributed by atoms with Crippen LogP contribution in [0.3, 0.4) is 0 Å². The molecule has 0 spiro atoms. The molecule has 1 aromatic carbocycles. The first-order chi connectivity index (χ1) is 6.65. The second-order valence-electron chi connectivity index (χ2n) is 2.85. The van der Waals surface area contributed by atoms with Gasteiger partial charge in [-0.15, -0.1) is 0 Å². The molecule has 1 atom stereocenters. The molecule has 1 aromatic rings. The van der Waals surface area contributed by atoms with Gasteiger partial charge in [0.15, 0.2) is 6.10 Å². The van der Waals surface area contributed by atoms with Crippen LogP contribution in [-0.2, 0) is 4.79 Å². The van der Waals surface area contributed by atoms with Crippen molar-refractivity contribution in [3.05, 3.63) is 29.3 Å². The van der Waals surface area contributed by atoms with Crippen LogP contribution < -0.4 is 10.5 Å². The van der Waals surface area contributed by atoms with Gasteiger partial charge in [0, 0.05) is 0 Å².